The minimum absolute atomic E-state index is 0.00729. The molecule has 0 N–H and O–H groups in total. The normalized spacial score (nSPS) is 22.3. The molecule has 0 unspecified atom stereocenters. The first-order chi connectivity index (χ1) is 21.3. The van der Waals surface area contributed by atoms with Crippen molar-refractivity contribution in [1.29, 1.82) is 0 Å². The molecule has 47 heavy (non-hydrogen) atoms. The van der Waals surface area contributed by atoms with Gasteiger partial charge in [0.1, 0.15) is 24.6 Å². The lowest BCUT2D eigenvalue weighted by Gasteiger charge is -2.44. The summed E-state index contributed by atoms with van der Waals surface area (Å²) in [6, 6.07) is 6.28. The van der Waals surface area contributed by atoms with Crippen molar-refractivity contribution in [2.75, 3.05) is 6.61 Å². The molecule has 0 amide bonds. The summed E-state index contributed by atoms with van der Waals surface area (Å²) in [6.45, 7) is 36.9. The van der Waals surface area contributed by atoms with Crippen molar-refractivity contribution in [3.05, 3.63) is 36.4 Å². The molecule has 1 saturated heterocycles. The lowest BCUT2D eigenvalue weighted by atomic mass is 10.1. The van der Waals surface area contributed by atoms with Crippen molar-refractivity contribution < 1.29 is 18.0 Å². The van der Waals surface area contributed by atoms with Crippen LogP contribution in [0.4, 0.5) is 0 Å². The fourth-order valence-electron chi connectivity index (χ4n) is 5.30. The average molecular weight is 698 g/mol. The molecular formula is C35H59N5O4Si3. The van der Waals surface area contributed by atoms with E-state index < -0.39 is 31.2 Å². The first-order valence-corrected chi connectivity index (χ1v) is 25.8. The molecule has 4 heterocycles. The number of fused-ring (bicyclic) bond motifs is 5. The molecule has 9 nitrogen and oxygen atoms in total. The van der Waals surface area contributed by atoms with E-state index in [-0.39, 0.29) is 33.4 Å². The van der Waals surface area contributed by atoms with E-state index >= 15 is 0 Å². The van der Waals surface area contributed by atoms with Gasteiger partial charge in [0.15, 0.2) is 48.0 Å². The van der Waals surface area contributed by atoms with Crippen LogP contribution in [0, 0.1) is 6.92 Å². The highest BCUT2D eigenvalue weighted by Gasteiger charge is 2.55. The fraction of sp³-hybridized carbons (Fsp3) is 0.686. The second kappa shape index (κ2) is 11.8. The first-order valence-electron chi connectivity index (χ1n) is 17.1. The molecule has 0 aliphatic carbocycles. The Labute approximate surface area is 285 Å². The molecule has 5 rings (SSSR count). The summed E-state index contributed by atoms with van der Waals surface area (Å²) in [5.74, 6) is 0. The third kappa shape index (κ3) is 6.68. The molecule has 0 spiro atoms. The molecule has 260 valence electrons. The SMILES string of the molecule is Cc1ccc2nc3c4ncn([C@@H]5O[C@H](CO[Si](C)(C)C(C)(C)C)[C@@H](O[Si](C)(C)C(C)(C)C)[C@H]5O[Si](C)(C)C(C)(C)C)c4ncn3c2c1. The summed E-state index contributed by atoms with van der Waals surface area (Å²) in [5, 5.41) is 0.0671. The highest BCUT2D eigenvalue weighted by molar-refractivity contribution is 6.75. The molecule has 1 aliphatic rings. The van der Waals surface area contributed by atoms with Crippen molar-refractivity contribution in [1.82, 2.24) is 23.9 Å². The van der Waals surface area contributed by atoms with Gasteiger partial charge in [-0.05, 0) is 79.0 Å². The highest BCUT2D eigenvalue weighted by Crippen LogP contribution is 2.47. The van der Waals surface area contributed by atoms with Crippen LogP contribution in [-0.4, -0.2) is 73.8 Å². The van der Waals surface area contributed by atoms with Crippen molar-refractivity contribution in [3.63, 3.8) is 0 Å². The van der Waals surface area contributed by atoms with Gasteiger partial charge in [0.2, 0.25) is 0 Å². The van der Waals surface area contributed by atoms with E-state index in [0.29, 0.717) is 6.61 Å². The van der Waals surface area contributed by atoms with E-state index in [1.807, 2.05) is 21.6 Å². The van der Waals surface area contributed by atoms with Crippen LogP contribution in [0.2, 0.25) is 54.4 Å². The molecule has 4 atom stereocenters. The van der Waals surface area contributed by atoms with E-state index in [0.717, 1.165) is 27.8 Å². The molecule has 4 aromatic rings. The van der Waals surface area contributed by atoms with Crippen LogP contribution in [0.5, 0.6) is 0 Å². The standard InChI is InChI=1S/C35H59N5O4Si3/c1-23-17-18-24-25(19-23)39-22-37-30-27(31(39)38-24)36-21-40(30)32-29(44-47(15,16)35(8,9)10)28(43-46(13,14)34(5,6)7)26(42-32)20-41-45(11,12)33(2,3)4/h17-19,21-22,26,28-29,32H,20H2,1-16H3/t26-,28-,29-,32-/m1/s1. The second-order valence-corrected chi connectivity index (χ2v) is 32.5. The fourth-order valence-corrected chi connectivity index (χ4v) is 8.92. The van der Waals surface area contributed by atoms with Crippen molar-refractivity contribution in [2.24, 2.45) is 0 Å². The third-order valence-corrected chi connectivity index (χ3v) is 25.0. The predicted molar refractivity (Wildman–Crippen MR) is 200 cm³/mol. The summed E-state index contributed by atoms with van der Waals surface area (Å²) in [6.07, 6.45) is 2.17. The highest BCUT2D eigenvalue weighted by atomic mass is 28.4. The van der Waals surface area contributed by atoms with Gasteiger partial charge in [-0.15, -0.1) is 0 Å². The quantitative estimate of drug-likeness (QED) is 0.170. The molecule has 3 aromatic heterocycles. The Morgan fingerprint density at radius 2 is 1.32 bits per heavy atom. The Morgan fingerprint density at radius 1 is 0.745 bits per heavy atom. The van der Waals surface area contributed by atoms with Crippen LogP contribution < -0.4 is 0 Å². The number of ether oxygens (including phenoxy) is 1. The summed E-state index contributed by atoms with van der Waals surface area (Å²) in [7, 11) is -6.63. The Bertz CT molecular complexity index is 1760. The van der Waals surface area contributed by atoms with Gasteiger partial charge >= 0.3 is 0 Å². The Balaban J connectivity index is 1.65. The molecule has 1 aliphatic heterocycles. The number of hydrogen-bond donors (Lipinski definition) is 0. The zero-order chi connectivity index (χ0) is 35.1. The number of benzene rings is 1. The topological polar surface area (TPSA) is 84.9 Å². The Kier molecular flexibility index (Phi) is 9.16. The van der Waals surface area contributed by atoms with Crippen LogP contribution >= 0.6 is 0 Å². The average Bonchev–Trinajstić information content (AvgIpc) is 3.59. The summed E-state index contributed by atoms with van der Waals surface area (Å²) < 4.78 is 32.7. The molecule has 1 aromatic carbocycles. The number of nitrogens with zero attached hydrogens (tertiary/aromatic N) is 5. The van der Waals surface area contributed by atoms with Gasteiger partial charge in [-0.25, -0.2) is 15.0 Å². The molecular weight excluding hydrogens is 639 g/mol. The van der Waals surface area contributed by atoms with E-state index in [9.17, 15) is 0 Å². The number of imidazole rings is 2. The van der Waals surface area contributed by atoms with E-state index in [2.05, 4.69) is 127 Å². The summed E-state index contributed by atoms with van der Waals surface area (Å²) in [4.78, 5) is 14.8. The maximum atomic E-state index is 7.37. The van der Waals surface area contributed by atoms with Crippen molar-refractivity contribution >= 4 is 52.8 Å². The van der Waals surface area contributed by atoms with Crippen LogP contribution in [0.3, 0.4) is 0 Å². The summed E-state index contributed by atoms with van der Waals surface area (Å²) in [5.41, 5.74) is 5.34. The Hall–Kier alpha value is -1.94. The van der Waals surface area contributed by atoms with Crippen molar-refractivity contribution in [3.8, 4) is 0 Å². The van der Waals surface area contributed by atoms with Crippen molar-refractivity contribution in [2.45, 2.75) is 148 Å². The minimum Gasteiger partial charge on any atom is -0.414 e. The van der Waals surface area contributed by atoms with Gasteiger partial charge < -0.3 is 18.0 Å². The monoisotopic (exact) mass is 697 g/mol. The van der Waals surface area contributed by atoms with E-state index in [1.165, 1.54) is 5.56 Å². The Morgan fingerprint density at radius 3 is 1.89 bits per heavy atom. The van der Waals surface area contributed by atoms with Gasteiger partial charge in [-0.3, -0.25) is 8.97 Å². The number of aryl methyl sites for hydroxylation is 1. The van der Waals surface area contributed by atoms with Crippen LogP contribution in [-0.2, 0) is 18.0 Å². The van der Waals surface area contributed by atoms with Gasteiger partial charge in [0, 0.05) is 0 Å². The lowest BCUT2D eigenvalue weighted by molar-refractivity contribution is -0.0470. The zero-order valence-corrected chi connectivity index (χ0v) is 34.8. The second-order valence-electron chi connectivity index (χ2n) is 18.2. The van der Waals surface area contributed by atoms with E-state index in [4.69, 9.17) is 33.0 Å². The minimum atomic E-state index is -2.29. The lowest BCUT2D eigenvalue weighted by Crippen LogP contribution is -2.54. The van der Waals surface area contributed by atoms with Gasteiger partial charge in [0.05, 0.1) is 24.0 Å². The van der Waals surface area contributed by atoms with Gasteiger partial charge in [0.25, 0.3) is 0 Å². The summed E-state index contributed by atoms with van der Waals surface area (Å²) >= 11 is 0. The largest absolute Gasteiger partial charge is 0.414 e. The predicted octanol–water partition coefficient (Wildman–Crippen LogP) is 9.24. The maximum Gasteiger partial charge on any atom is 0.192 e. The maximum absolute atomic E-state index is 7.37. The smallest absolute Gasteiger partial charge is 0.192 e. The van der Waals surface area contributed by atoms with Gasteiger partial charge in [-0.2, -0.15) is 0 Å². The number of aromatic nitrogens is 5. The molecule has 0 saturated carbocycles. The number of rotatable bonds is 8. The molecule has 12 heteroatoms. The third-order valence-electron chi connectivity index (χ3n) is 11.6. The van der Waals surface area contributed by atoms with Crippen LogP contribution in [0.15, 0.2) is 30.9 Å². The first kappa shape index (κ1) is 36.3. The zero-order valence-electron chi connectivity index (χ0n) is 31.8. The van der Waals surface area contributed by atoms with Crippen LogP contribution in [0.1, 0.15) is 74.1 Å². The van der Waals surface area contributed by atoms with E-state index in [1.54, 1.807) is 0 Å². The molecule has 0 radical (unpaired) electrons. The molecule has 1 fully saturated rings. The van der Waals surface area contributed by atoms with Gasteiger partial charge in [-0.1, -0.05) is 68.4 Å². The van der Waals surface area contributed by atoms with Crippen LogP contribution in [0.25, 0.3) is 27.8 Å². The molecule has 0 bridgehead atoms. The number of hydrogen-bond acceptors (Lipinski definition) is 7.